The molecule has 0 aliphatic carbocycles. The topological polar surface area (TPSA) is 35.0 Å². The van der Waals surface area contributed by atoms with Gasteiger partial charge in [0.25, 0.3) is 5.19 Å². The zero-order valence-electron chi connectivity index (χ0n) is 4.42. The minimum absolute atomic E-state index is 0.0793. The van der Waals surface area contributed by atoms with Gasteiger partial charge in [-0.2, -0.15) is 8.78 Å². The molecule has 0 aromatic carbocycles. The van der Waals surface area contributed by atoms with E-state index in [4.69, 9.17) is 11.6 Å². The molecule has 0 saturated heterocycles. The molecule has 1 rings (SSSR count). The van der Waals surface area contributed by atoms with Crippen LogP contribution in [0.25, 0.3) is 0 Å². The van der Waals surface area contributed by atoms with Gasteiger partial charge in [0, 0.05) is 0 Å². The van der Waals surface area contributed by atoms with Crippen LogP contribution in [0.4, 0.5) is 8.78 Å². The van der Waals surface area contributed by atoms with Gasteiger partial charge in [0.2, 0.25) is 4.47 Å². The van der Waals surface area contributed by atoms with Crippen LogP contribution in [0, 0.1) is 0 Å². The standard InChI is InChI=1S/C3HClF2N2OS/c4-1-7-8-3(10-1)9-2(5)6/h2H. The number of hydrogen-bond acceptors (Lipinski definition) is 4. The first kappa shape index (κ1) is 7.62. The smallest absolute Gasteiger partial charge is 0.389 e. The van der Waals surface area contributed by atoms with Crippen molar-refractivity contribution in [1.82, 2.24) is 10.2 Å². The van der Waals surface area contributed by atoms with Crippen molar-refractivity contribution in [3.05, 3.63) is 4.47 Å². The molecule has 0 saturated carbocycles. The molecular weight excluding hydrogens is 186 g/mol. The molecule has 0 spiro atoms. The highest BCUT2D eigenvalue weighted by molar-refractivity contribution is 7.17. The lowest BCUT2D eigenvalue weighted by molar-refractivity contribution is -0.0503. The fourth-order valence-electron chi connectivity index (χ4n) is 0.317. The quantitative estimate of drug-likeness (QED) is 0.707. The number of halogens is 3. The first-order valence-electron chi connectivity index (χ1n) is 2.12. The molecule has 0 atom stereocenters. The van der Waals surface area contributed by atoms with Gasteiger partial charge >= 0.3 is 6.61 Å². The van der Waals surface area contributed by atoms with Gasteiger partial charge in [-0.25, -0.2) is 0 Å². The molecule has 0 amide bonds. The van der Waals surface area contributed by atoms with Gasteiger partial charge in [-0.1, -0.05) is 5.10 Å². The van der Waals surface area contributed by atoms with Crippen LogP contribution >= 0.6 is 22.9 Å². The third kappa shape index (κ3) is 2.03. The summed E-state index contributed by atoms with van der Waals surface area (Å²) in [4.78, 5) is 0. The summed E-state index contributed by atoms with van der Waals surface area (Å²) in [6.45, 7) is -2.87. The Labute approximate surface area is 63.6 Å². The van der Waals surface area contributed by atoms with E-state index < -0.39 is 6.61 Å². The second-order valence-electron chi connectivity index (χ2n) is 1.20. The molecule has 0 radical (unpaired) electrons. The molecule has 56 valence electrons. The zero-order chi connectivity index (χ0) is 7.56. The summed E-state index contributed by atoms with van der Waals surface area (Å²) >= 11 is 6.02. The third-order valence-corrected chi connectivity index (χ3v) is 1.48. The van der Waals surface area contributed by atoms with E-state index in [1.807, 2.05) is 0 Å². The summed E-state index contributed by atoms with van der Waals surface area (Å²) < 4.78 is 26.7. The second-order valence-corrected chi connectivity index (χ2v) is 2.72. The lowest BCUT2D eigenvalue weighted by Gasteiger charge is -1.94. The summed E-state index contributed by atoms with van der Waals surface area (Å²) in [5.41, 5.74) is 0. The fourth-order valence-corrected chi connectivity index (χ4v) is 0.981. The van der Waals surface area contributed by atoms with Crippen LogP contribution in [0.15, 0.2) is 0 Å². The van der Waals surface area contributed by atoms with Crippen LogP contribution in [0.3, 0.4) is 0 Å². The molecule has 1 heterocycles. The summed E-state index contributed by atoms with van der Waals surface area (Å²) in [6.07, 6.45) is 0. The van der Waals surface area contributed by atoms with E-state index in [2.05, 4.69) is 14.9 Å². The summed E-state index contributed by atoms with van der Waals surface area (Å²) in [7, 11) is 0. The van der Waals surface area contributed by atoms with Crippen molar-refractivity contribution in [3.63, 3.8) is 0 Å². The number of alkyl halides is 2. The Kier molecular flexibility index (Phi) is 2.34. The van der Waals surface area contributed by atoms with Crippen molar-refractivity contribution >= 4 is 22.9 Å². The zero-order valence-corrected chi connectivity index (χ0v) is 5.99. The van der Waals surface area contributed by atoms with Crippen molar-refractivity contribution < 1.29 is 13.5 Å². The lowest BCUT2D eigenvalue weighted by atomic mass is 11.3. The van der Waals surface area contributed by atoms with Gasteiger partial charge in [0.15, 0.2) is 0 Å². The highest BCUT2D eigenvalue weighted by atomic mass is 35.5. The Morgan fingerprint density at radius 1 is 1.50 bits per heavy atom. The van der Waals surface area contributed by atoms with Crippen molar-refractivity contribution in [2.75, 3.05) is 0 Å². The number of hydrogen-bond donors (Lipinski definition) is 0. The van der Waals surface area contributed by atoms with Crippen molar-refractivity contribution in [3.8, 4) is 5.19 Å². The minimum Gasteiger partial charge on any atom is -0.407 e. The Hall–Kier alpha value is -0.490. The van der Waals surface area contributed by atoms with Crippen LogP contribution in [-0.4, -0.2) is 16.8 Å². The maximum Gasteiger partial charge on any atom is 0.389 e. The van der Waals surface area contributed by atoms with E-state index in [1.165, 1.54) is 0 Å². The van der Waals surface area contributed by atoms with Gasteiger partial charge in [-0.05, 0) is 22.9 Å². The average Bonchev–Trinajstić information content (AvgIpc) is 2.13. The third-order valence-electron chi connectivity index (χ3n) is 0.572. The SMILES string of the molecule is FC(F)Oc1nnc(Cl)s1. The van der Waals surface area contributed by atoms with E-state index >= 15 is 0 Å². The van der Waals surface area contributed by atoms with E-state index in [0.29, 0.717) is 0 Å². The van der Waals surface area contributed by atoms with Crippen molar-refractivity contribution in [2.45, 2.75) is 6.61 Å². The Morgan fingerprint density at radius 2 is 2.20 bits per heavy atom. The predicted octanol–water partition coefficient (Wildman–Crippen LogP) is 1.79. The number of nitrogens with zero attached hydrogens (tertiary/aromatic N) is 2. The highest BCUT2D eigenvalue weighted by Gasteiger charge is 2.08. The fraction of sp³-hybridized carbons (Fsp3) is 0.333. The van der Waals surface area contributed by atoms with Gasteiger partial charge < -0.3 is 4.74 Å². The maximum atomic E-state index is 11.4. The molecule has 1 aromatic rings. The van der Waals surface area contributed by atoms with E-state index in [9.17, 15) is 8.78 Å². The van der Waals surface area contributed by atoms with Crippen LogP contribution in [0.5, 0.6) is 5.19 Å². The van der Waals surface area contributed by atoms with E-state index in [1.54, 1.807) is 0 Å². The van der Waals surface area contributed by atoms with Crippen LogP contribution in [0.1, 0.15) is 0 Å². The van der Waals surface area contributed by atoms with Crippen molar-refractivity contribution in [2.24, 2.45) is 0 Å². The molecule has 3 nitrogen and oxygen atoms in total. The highest BCUT2D eigenvalue weighted by Crippen LogP contribution is 2.22. The monoisotopic (exact) mass is 186 g/mol. The molecule has 0 aliphatic rings. The molecule has 7 heteroatoms. The van der Waals surface area contributed by atoms with Crippen LogP contribution in [-0.2, 0) is 0 Å². The second kappa shape index (κ2) is 3.07. The lowest BCUT2D eigenvalue weighted by Crippen LogP contribution is -2.00. The molecule has 1 aromatic heterocycles. The number of ether oxygens (including phenoxy) is 1. The van der Waals surface area contributed by atoms with Crippen LogP contribution in [0.2, 0.25) is 4.47 Å². The molecule has 0 fully saturated rings. The van der Waals surface area contributed by atoms with E-state index in [0.717, 1.165) is 11.3 Å². The van der Waals surface area contributed by atoms with Crippen LogP contribution < -0.4 is 4.74 Å². The predicted molar refractivity (Wildman–Crippen MR) is 31.6 cm³/mol. The van der Waals surface area contributed by atoms with Crippen molar-refractivity contribution in [1.29, 1.82) is 0 Å². The van der Waals surface area contributed by atoms with Gasteiger partial charge in [0.05, 0.1) is 0 Å². The average molecular weight is 187 g/mol. The summed E-state index contributed by atoms with van der Waals surface area (Å²) in [6, 6.07) is 0. The van der Waals surface area contributed by atoms with Gasteiger partial charge in [-0.15, -0.1) is 5.10 Å². The Morgan fingerprint density at radius 3 is 2.60 bits per heavy atom. The minimum atomic E-state index is -2.87. The molecule has 10 heavy (non-hydrogen) atoms. The van der Waals surface area contributed by atoms with E-state index in [-0.39, 0.29) is 9.66 Å². The Balaban J connectivity index is 2.58. The maximum absolute atomic E-state index is 11.4. The molecular formula is C3HClF2N2OS. The largest absolute Gasteiger partial charge is 0.407 e. The molecule has 0 N–H and O–H groups in total. The first-order valence-corrected chi connectivity index (χ1v) is 3.32. The van der Waals surface area contributed by atoms with Gasteiger partial charge in [-0.3, -0.25) is 0 Å². The first-order chi connectivity index (χ1) is 4.68. The Bertz CT molecular complexity index is 218. The molecule has 0 unspecified atom stereocenters. The van der Waals surface area contributed by atoms with Gasteiger partial charge in [0.1, 0.15) is 0 Å². The summed E-state index contributed by atoms with van der Waals surface area (Å²) in [5, 5.41) is 6.21. The summed E-state index contributed by atoms with van der Waals surface area (Å²) in [5.74, 6) is 0. The number of rotatable bonds is 2. The number of aromatic nitrogens is 2. The molecule has 0 bridgehead atoms. The molecule has 0 aliphatic heterocycles. The normalized spacial score (nSPS) is 10.4.